The summed E-state index contributed by atoms with van der Waals surface area (Å²) in [5.74, 6) is 0.274. The average Bonchev–Trinajstić information content (AvgIpc) is 2.31. The molecule has 6 heteroatoms. The number of aryl methyl sites for hydroxylation is 1. The van der Waals surface area contributed by atoms with Gasteiger partial charge in [0.2, 0.25) is 11.9 Å². The molecular formula is C11H16ClN5. The third-order valence-corrected chi connectivity index (χ3v) is 2.51. The number of para-hydroxylation sites is 1. The van der Waals surface area contributed by atoms with Crippen LogP contribution in [-0.4, -0.2) is 19.0 Å². The molecule has 0 bridgehead atoms. The summed E-state index contributed by atoms with van der Waals surface area (Å²) < 4.78 is 0. The maximum absolute atomic E-state index is 6.09. The van der Waals surface area contributed by atoms with E-state index >= 15 is 0 Å². The third kappa shape index (κ3) is 3.64. The van der Waals surface area contributed by atoms with E-state index in [2.05, 4.69) is 15.3 Å². The third-order valence-electron chi connectivity index (χ3n) is 2.20. The zero-order chi connectivity index (χ0) is 12.8. The van der Waals surface area contributed by atoms with Gasteiger partial charge in [0.25, 0.3) is 0 Å². The van der Waals surface area contributed by atoms with E-state index in [1.807, 2.05) is 19.1 Å². The molecule has 0 saturated carbocycles. The van der Waals surface area contributed by atoms with Crippen LogP contribution in [0.15, 0.2) is 28.2 Å². The van der Waals surface area contributed by atoms with Crippen LogP contribution < -0.4 is 16.8 Å². The van der Waals surface area contributed by atoms with Crippen LogP contribution in [0.4, 0.5) is 5.69 Å². The highest BCUT2D eigenvalue weighted by Crippen LogP contribution is 2.26. The Labute approximate surface area is 106 Å². The van der Waals surface area contributed by atoms with E-state index in [0.29, 0.717) is 5.02 Å². The lowest BCUT2D eigenvalue weighted by Crippen LogP contribution is -2.26. The normalized spacial score (nSPS) is 12.6. The highest BCUT2D eigenvalue weighted by atomic mass is 35.5. The number of halogens is 1. The first-order chi connectivity index (χ1) is 8.08. The number of hydrogen-bond acceptors (Lipinski definition) is 1. The van der Waals surface area contributed by atoms with Crippen molar-refractivity contribution >= 4 is 29.2 Å². The lowest BCUT2D eigenvalue weighted by Gasteiger charge is -2.11. The van der Waals surface area contributed by atoms with Gasteiger partial charge in [0.1, 0.15) is 0 Å². The largest absolute Gasteiger partial charge is 0.369 e. The number of anilines is 1. The van der Waals surface area contributed by atoms with E-state index in [1.165, 1.54) is 0 Å². The Balaban J connectivity index is 2.99. The van der Waals surface area contributed by atoms with Gasteiger partial charge in [-0.3, -0.25) is 4.99 Å². The van der Waals surface area contributed by atoms with E-state index in [4.69, 9.17) is 23.1 Å². The molecule has 5 N–H and O–H groups in total. The zero-order valence-electron chi connectivity index (χ0n) is 9.87. The number of nitrogens with one attached hydrogen (secondary N) is 1. The lowest BCUT2D eigenvalue weighted by atomic mass is 10.1. The molecule has 17 heavy (non-hydrogen) atoms. The van der Waals surface area contributed by atoms with Crippen molar-refractivity contribution in [2.45, 2.75) is 13.3 Å². The number of aliphatic imine (C=N–C) groups is 2. The van der Waals surface area contributed by atoms with Crippen LogP contribution in [-0.2, 0) is 6.42 Å². The molecule has 0 unspecified atom stereocenters. The van der Waals surface area contributed by atoms with Crippen LogP contribution in [0.1, 0.15) is 12.5 Å². The Morgan fingerprint density at radius 2 is 2.12 bits per heavy atom. The lowest BCUT2D eigenvalue weighted by molar-refractivity contribution is 1.14. The fourth-order valence-electron chi connectivity index (χ4n) is 1.33. The summed E-state index contributed by atoms with van der Waals surface area (Å²) in [6, 6.07) is 5.65. The van der Waals surface area contributed by atoms with Gasteiger partial charge in [0.15, 0.2) is 0 Å². The number of nitrogens with two attached hydrogens (primary N) is 2. The van der Waals surface area contributed by atoms with Crippen LogP contribution >= 0.6 is 11.6 Å². The molecule has 0 amide bonds. The summed E-state index contributed by atoms with van der Waals surface area (Å²) in [7, 11) is 1.54. The highest BCUT2D eigenvalue weighted by molar-refractivity contribution is 6.34. The molecule has 0 aromatic heterocycles. The van der Waals surface area contributed by atoms with Crippen molar-refractivity contribution in [3.8, 4) is 0 Å². The maximum atomic E-state index is 6.09. The van der Waals surface area contributed by atoms with Crippen LogP contribution in [0, 0.1) is 0 Å². The van der Waals surface area contributed by atoms with Crippen LogP contribution in [0.2, 0.25) is 5.02 Å². The van der Waals surface area contributed by atoms with Gasteiger partial charge in [-0.05, 0) is 18.1 Å². The quantitative estimate of drug-likeness (QED) is 0.552. The molecule has 1 rings (SSSR count). The van der Waals surface area contributed by atoms with Crippen molar-refractivity contribution in [3.63, 3.8) is 0 Å². The van der Waals surface area contributed by atoms with E-state index in [9.17, 15) is 0 Å². The van der Waals surface area contributed by atoms with Gasteiger partial charge in [0.05, 0.1) is 10.7 Å². The predicted octanol–water partition coefficient (Wildman–Crippen LogP) is 1.57. The number of benzene rings is 1. The molecule has 1 aromatic rings. The topological polar surface area (TPSA) is 88.8 Å². The minimum Gasteiger partial charge on any atom is -0.369 e. The van der Waals surface area contributed by atoms with Crippen molar-refractivity contribution < 1.29 is 0 Å². The molecular weight excluding hydrogens is 238 g/mol. The standard InChI is InChI=1S/C11H16ClN5/c1-3-7-5-4-6-8(12)9(7)16-11(14)17-10(13)15-2/h4-6H,3H2,1-2H3,(H5,13,14,15,16,17). The van der Waals surface area contributed by atoms with E-state index < -0.39 is 0 Å². The van der Waals surface area contributed by atoms with Crippen LogP contribution in [0.3, 0.4) is 0 Å². The second kappa shape index (κ2) is 6.10. The van der Waals surface area contributed by atoms with Crippen LogP contribution in [0.5, 0.6) is 0 Å². The molecule has 0 atom stereocenters. The molecule has 0 aliphatic rings. The Morgan fingerprint density at radius 1 is 1.41 bits per heavy atom. The monoisotopic (exact) mass is 253 g/mol. The van der Waals surface area contributed by atoms with Crippen LogP contribution in [0.25, 0.3) is 0 Å². The molecule has 5 nitrogen and oxygen atoms in total. The summed E-state index contributed by atoms with van der Waals surface area (Å²) in [6.07, 6.45) is 0.841. The average molecular weight is 254 g/mol. The van der Waals surface area contributed by atoms with Gasteiger partial charge >= 0.3 is 0 Å². The Morgan fingerprint density at radius 3 is 2.71 bits per heavy atom. The summed E-state index contributed by atoms with van der Waals surface area (Å²) in [5, 5.41) is 3.52. The van der Waals surface area contributed by atoms with E-state index in [1.54, 1.807) is 13.1 Å². The maximum Gasteiger partial charge on any atom is 0.218 e. The van der Waals surface area contributed by atoms with Gasteiger partial charge in [-0.25, -0.2) is 0 Å². The number of rotatable bonds is 2. The first kappa shape index (κ1) is 13.3. The van der Waals surface area contributed by atoms with Gasteiger partial charge in [-0.2, -0.15) is 4.99 Å². The predicted molar refractivity (Wildman–Crippen MR) is 73.6 cm³/mol. The van der Waals surface area contributed by atoms with Crippen molar-refractivity contribution in [2.24, 2.45) is 21.5 Å². The minimum absolute atomic E-state index is 0.111. The Kier molecular flexibility index (Phi) is 4.78. The smallest absolute Gasteiger partial charge is 0.218 e. The summed E-state index contributed by atoms with van der Waals surface area (Å²) >= 11 is 6.09. The van der Waals surface area contributed by atoms with Crippen molar-refractivity contribution in [1.82, 2.24) is 0 Å². The van der Waals surface area contributed by atoms with E-state index in [0.717, 1.165) is 17.7 Å². The molecule has 0 fully saturated rings. The molecule has 1 aromatic carbocycles. The van der Waals surface area contributed by atoms with E-state index in [-0.39, 0.29) is 11.9 Å². The van der Waals surface area contributed by atoms with Gasteiger partial charge in [-0.1, -0.05) is 30.7 Å². The molecule has 0 spiro atoms. The SMILES string of the molecule is CCc1cccc(Cl)c1N/C(N)=N\C(N)=NC. The number of guanidine groups is 2. The Hall–Kier alpha value is -1.75. The molecule has 0 aliphatic heterocycles. The molecule has 0 saturated heterocycles. The van der Waals surface area contributed by atoms with Crippen molar-refractivity contribution in [2.75, 3.05) is 12.4 Å². The fourth-order valence-corrected chi connectivity index (χ4v) is 1.57. The number of nitrogens with zero attached hydrogens (tertiary/aromatic N) is 2. The Bertz CT molecular complexity index is 453. The molecule has 0 aliphatic carbocycles. The van der Waals surface area contributed by atoms with Gasteiger partial charge in [0, 0.05) is 7.05 Å². The molecule has 92 valence electrons. The van der Waals surface area contributed by atoms with Gasteiger partial charge in [-0.15, -0.1) is 0 Å². The minimum atomic E-state index is 0.111. The van der Waals surface area contributed by atoms with Gasteiger partial charge < -0.3 is 16.8 Å². The van der Waals surface area contributed by atoms with Crippen molar-refractivity contribution in [3.05, 3.63) is 28.8 Å². The molecule has 0 radical (unpaired) electrons. The summed E-state index contributed by atoms with van der Waals surface area (Å²) in [4.78, 5) is 7.55. The summed E-state index contributed by atoms with van der Waals surface area (Å²) in [5.41, 5.74) is 12.9. The first-order valence-electron chi connectivity index (χ1n) is 5.19. The first-order valence-corrected chi connectivity index (χ1v) is 5.57. The molecule has 0 heterocycles. The summed E-state index contributed by atoms with van der Waals surface area (Å²) in [6.45, 7) is 2.03. The second-order valence-corrected chi connectivity index (χ2v) is 3.74. The second-order valence-electron chi connectivity index (χ2n) is 3.33. The highest BCUT2D eigenvalue weighted by Gasteiger charge is 2.06. The number of hydrogen-bond donors (Lipinski definition) is 3. The zero-order valence-corrected chi connectivity index (χ0v) is 10.6. The fraction of sp³-hybridized carbons (Fsp3) is 0.273. The van der Waals surface area contributed by atoms with Crippen molar-refractivity contribution in [1.29, 1.82) is 0 Å².